The molecule has 100 valence electrons. The molecule has 0 amide bonds. The molecule has 0 radical (unpaired) electrons. The number of nitrogens with two attached hydrogens (primary N) is 1. The molecule has 0 saturated carbocycles. The number of hydrogen-bond acceptors (Lipinski definition) is 3. The van der Waals surface area contributed by atoms with Gasteiger partial charge in [-0.25, -0.2) is 0 Å². The minimum Gasteiger partial charge on any atom is -0.328 e. The van der Waals surface area contributed by atoms with Gasteiger partial charge in [-0.15, -0.1) is 0 Å². The van der Waals surface area contributed by atoms with E-state index in [-0.39, 0.29) is 6.04 Å². The van der Waals surface area contributed by atoms with Crippen LogP contribution >= 0.6 is 0 Å². The Morgan fingerprint density at radius 1 is 0.941 bits per heavy atom. The maximum Gasteiger partial charge on any atom is 0.281 e. The average Bonchev–Trinajstić information content (AvgIpc) is 2.30. The summed E-state index contributed by atoms with van der Waals surface area (Å²) in [5, 5.41) is 0. The molecule has 2 aliphatic rings. The lowest BCUT2D eigenvalue weighted by atomic mass is 10.0. The Bertz CT molecular complexity index is 314. The molecule has 0 aromatic heterocycles. The maximum absolute atomic E-state index is 12.4. The van der Waals surface area contributed by atoms with Crippen LogP contribution in [0.5, 0.6) is 0 Å². The molecule has 5 nitrogen and oxygen atoms in total. The monoisotopic (exact) mass is 261 g/mol. The molecule has 2 heterocycles. The molecular weight excluding hydrogens is 238 g/mol. The quantitative estimate of drug-likeness (QED) is 0.782. The molecular formula is C11H23N3O2S. The van der Waals surface area contributed by atoms with Crippen molar-refractivity contribution >= 4 is 10.2 Å². The zero-order chi connectivity index (χ0) is 12.5. The van der Waals surface area contributed by atoms with Crippen molar-refractivity contribution < 1.29 is 8.42 Å². The molecule has 2 rings (SSSR count). The Kier molecular flexibility index (Phi) is 4.07. The van der Waals surface area contributed by atoms with E-state index < -0.39 is 10.2 Å². The molecule has 0 atom stereocenters. The molecule has 6 heteroatoms. The second-order valence-electron chi connectivity index (χ2n) is 5.33. The molecule has 2 aliphatic heterocycles. The molecule has 0 aliphatic carbocycles. The number of piperidine rings is 2. The summed E-state index contributed by atoms with van der Waals surface area (Å²) in [6.45, 7) is 4.69. The van der Waals surface area contributed by atoms with Crippen molar-refractivity contribution in [3.8, 4) is 0 Å². The van der Waals surface area contributed by atoms with Gasteiger partial charge in [0.05, 0.1) is 0 Å². The van der Waals surface area contributed by atoms with Crippen molar-refractivity contribution in [3.05, 3.63) is 0 Å². The Labute approximate surface area is 104 Å². The van der Waals surface area contributed by atoms with Crippen LogP contribution in [-0.2, 0) is 10.2 Å². The molecule has 0 aromatic carbocycles. The van der Waals surface area contributed by atoms with Gasteiger partial charge in [0.1, 0.15) is 0 Å². The van der Waals surface area contributed by atoms with Gasteiger partial charge in [-0.2, -0.15) is 17.0 Å². The van der Waals surface area contributed by atoms with Crippen LogP contribution in [0.25, 0.3) is 0 Å². The molecule has 0 aromatic rings. The van der Waals surface area contributed by atoms with E-state index in [0.29, 0.717) is 32.1 Å². The highest BCUT2D eigenvalue weighted by Gasteiger charge is 2.33. The Morgan fingerprint density at radius 3 is 1.82 bits per heavy atom. The first-order valence-corrected chi connectivity index (χ1v) is 7.90. The third kappa shape index (κ3) is 2.99. The second-order valence-corrected chi connectivity index (χ2v) is 7.25. The van der Waals surface area contributed by atoms with Crippen LogP contribution < -0.4 is 5.73 Å². The summed E-state index contributed by atoms with van der Waals surface area (Å²) in [6, 6.07) is 0.169. The standard InChI is InChI=1S/C11H23N3O2S/c1-10-2-6-13(7-3-10)17(15,16)14-8-4-11(12)5-9-14/h10-11H,2-9,12H2,1H3. The lowest BCUT2D eigenvalue weighted by molar-refractivity contribution is 0.247. The van der Waals surface area contributed by atoms with Crippen LogP contribution in [0, 0.1) is 5.92 Å². The Balaban J connectivity index is 1.98. The van der Waals surface area contributed by atoms with Gasteiger partial charge in [-0.05, 0) is 31.6 Å². The SMILES string of the molecule is CC1CCN(S(=O)(=O)N2CCC(N)CC2)CC1. The van der Waals surface area contributed by atoms with E-state index in [1.807, 2.05) is 0 Å². The van der Waals surface area contributed by atoms with E-state index in [1.54, 1.807) is 8.61 Å². The van der Waals surface area contributed by atoms with Crippen LogP contribution in [0.1, 0.15) is 32.6 Å². The van der Waals surface area contributed by atoms with Gasteiger partial charge in [0.15, 0.2) is 0 Å². The maximum atomic E-state index is 12.4. The molecule has 0 bridgehead atoms. The minimum absolute atomic E-state index is 0.169. The largest absolute Gasteiger partial charge is 0.328 e. The minimum atomic E-state index is -3.22. The van der Waals surface area contributed by atoms with Crippen molar-refractivity contribution in [2.75, 3.05) is 26.2 Å². The van der Waals surface area contributed by atoms with Gasteiger partial charge in [-0.1, -0.05) is 6.92 Å². The fourth-order valence-electron chi connectivity index (χ4n) is 2.49. The summed E-state index contributed by atoms with van der Waals surface area (Å²) in [4.78, 5) is 0. The van der Waals surface area contributed by atoms with Gasteiger partial charge in [0.25, 0.3) is 10.2 Å². The first-order valence-electron chi connectivity index (χ1n) is 6.51. The van der Waals surface area contributed by atoms with E-state index in [9.17, 15) is 8.42 Å². The van der Waals surface area contributed by atoms with E-state index >= 15 is 0 Å². The molecule has 2 fully saturated rings. The van der Waals surface area contributed by atoms with Gasteiger partial charge in [-0.3, -0.25) is 0 Å². The van der Waals surface area contributed by atoms with Crippen LogP contribution in [-0.4, -0.2) is 49.2 Å². The molecule has 17 heavy (non-hydrogen) atoms. The van der Waals surface area contributed by atoms with E-state index in [1.165, 1.54) is 0 Å². The fourth-order valence-corrected chi connectivity index (χ4v) is 4.16. The number of rotatable bonds is 2. The van der Waals surface area contributed by atoms with E-state index in [2.05, 4.69) is 6.92 Å². The van der Waals surface area contributed by atoms with Crippen molar-refractivity contribution in [3.63, 3.8) is 0 Å². The highest BCUT2D eigenvalue weighted by atomic mass is 32.2. The molecule has 0 spiro atoms. The highest BCUT2D eigenvalue weighted by molar-refractivity contribution is 7.86. The van der Waals surface area contributed by atoms with Gasteiger partial charge < -0.3 is 5.73 Å². The molecule has 2 N–H and O–H groups in total. The van der Waals surface area contributed by atoms with E-state index in [0.717, 1.165) is 25.7 Å². The van der Waals surface area contributed by atoms with Crippen LogP contribution in [0.15, 0.2) is 0 Å². The molecule has 0 unspecified atom stereocenters. The summed E-state index contributed by atoms with van der Waals surface area (Å²) in [6.07, 6.45) is 3.52. The zero-order valence-corrected chi connectivity index (χ0v) is 11.3. The van der Waals surface area contributed by atoms with Crippen molar-refractivity contribution in [1.82, 2.24) is 8.61 Å². The third-order valence-corrected chi connectivity index (χ3v) is 5.93. The third-order valence-electron chi connectivity index (χ3n) is 3.89. The highest BCUT2D eigenvalue weighted by Crippen LogP contribution is 2.22. The predicted octanol–water partition coefficient (Wildman–Crippen LogP) is 0.386. The summed E-state index contributed by atoms with van der Waals surface area (Å²) >= 11 is 0. The summed E-state index contributed by atoms with van der Waals surface area (Å²) < 4.78 is 28.0. The van der Waals surface area contributed by atoms with Gasteiger partial charge >= 0.3 is 0 Å². The topological polar surface area (TPSA) is 66.6 Å². The normalized spacial score (nSPS) is 27.4. The smallest absolute Gasteiger partial charge is 0.281 e. The molecule has 2 saturated heterocycles. The van der Waals surface area contributed by atoms with Crippen LogP contribution in [0.2, 0.25) is 0 Å². The lowest BCUT2D eigenvalue weighted by Crippen LogP contribution is -2.50. The van der Waals surface area contributed by atoms with Crippen LogP contribution in [0.4, 0.5) is 0 Å². The first-order chi connectivity index (χ1) is 8.00. The Hall–Kier alpha value is -0.170. The lowest BCUT2D eigenvalue weighted by Gasteiger charge is -2.36. The van der Waals surface area contributed by atoms with Crippen molar-refractivity contribution in [2.45, 2.75) is 38.6 Å². The van der Waals surface area contributed by atoms with Gasteiger partial charge in [0.2, 0.25) is 0 Å². The Morgan fingerprint density at radius 2 is 1.35 bits per heavy atom. The van der Waals surface area contributed by atoms with Gasteiger partial charge in [0, 0.05) is 32.2 Å². The number of nitrogens with zero attached hydrogens (tertiary/aromatic N) is 2. The summed E-state index contributed by atoms with van der Waals surface area (Å²) in [7, 11) is -3.22. The average molecular weight is 261 g/mol. The number of hydrogen-bond donors (Lipinski definition) is 1. The van der Waals surface area contributed by atoms with Crippen molar-refractivity contribution in [2.24, 2.45) is 11.7 Å². The van der Waals surface area contributed by atoms with Crippen molar-refractivity contribution in [1.29, 1.82) is 0 Å². The zero-order valence-electron chi connectivity index (χ0n) is 10.5. The predicted molar refractivity (Wildman–Crippen MR) is 67.7 cm³/mol. The summed E-state index contributed by atoms with van der Waals surface area (Å²) in [5.41, 5.74) is 5.80. The first kappa shape index (κ1) is 13.3. The summed E-state index contributed by atoms with van der Waals surface area (Å²) in [5.74, 6) is 0.649. The van der Waals surface area contributed by atoms with E-state index in [4.69, 9.17) is 5.73 Å². The van der Waals surface area contributed by atoms with Crippen LogP contribution in [0.3, 0.4) is 0 Å². The fraction of sp³-hybridized carbons (Fsp3) is 1.00. The second kappa shape index (κ2) is 5.22.